The molecule has 1 aromatic carbocycles. The van der Waals surface area contributed by atoms with Gasteiger partial charge in [0.25, 0.3) is 0 Å². The summed E-state index contributed by atoms with van der Waals surface area (Å²) < 4.78 is 7.17. The van der Waals surface area contributed by atoms with Crippen molar-refractivity contribution < 1.29 is 14.3 Å². The summed E-state index contributed by atoms with van der Waals surface area (Å²) in [5.41, 5.74) is 1.77. The Kier molecular flexibility index (Phi) is 6.80. The number of urea groups is 1. The minimum absolute atomic E-state index is 0.00738. The third-order valence-electron chi connectivity index (χ3n) is 5.14. The number of benzene rings is 1. The molecule has 7 heteroatoms. The molecular formula is C22H30N4O3. The van der Waals surface area contributed by atoms with Crippen LogP contribution in [0.5, 0.6) is 5.75 Å². The molecular weight excluding hydrogens is 368 g/mol. The Morgan fingerprint density at radius 1 is 1.21 bits per heavy atom. The van der Waals surface area contributed by atoms with E-state index in [-0.39, 0.29) is 24.5 Å². The number of amides is 3. The second-order valence-electron chi connectivity index (χ2n) is 7.44. The highest BCUT2D eigenvalue weighted by Crippen LogP contribution is 2.28. The van der Waals surface area contributed by atoms with Gasteiger partial charge < -0.3 is 24.4 Å². The standard InChI is InChI=1S/C22H30N4O3/c1-4-13-25(22(28)23-17-7-11-20(29-3)12-8-17)16-21(27)26(18-9-10-18)15-19-6-5-14-24(19)2/h5-8,11-12,14,18H,4,9-10,13,15-16H2,1-3H3,(H,23,28). The molecule has 29 heavy (non-hydrogen) atoms. The zero-order valence-corrected chi connectivity index (χ0v) is 17.4. The van der Waals surface area contributed by atoms with E-state index in [4.69, 9.17) is 4.74 Å². The van der Waals surface area contributed by atoms with Crippen LogP contribution in [0.1, 0.15) is 31.9 Å². The number of methoxy groups -OCH3 is 1. The van der Waals surface area contributed by atoms with Gasteiger partial charge in [0.2, 0.25) is 5.91 Å². The van der Waals surface area contributed by atoms with Crippen LogP contribution < -0.4 is 10.1 Å². The van der Waals surface area contributed by atoms with Gasteiger partial charge in [0.1, 0.15) is 12.3 Å². The number of ether oxygens (including phenoxy) is 1. The zero-order chi connectivity index (χ0) is 20.8. The molecule has 0 unspecified atom stereocenters. The van der Waals surface area contributed by atoms with Crippen LogP contribution in [-0.4, -0.2) is 52.5 Å². The maximum Gasteiger partial charge on any atom is 0.322 e. The molecule has 0 atom stereocenters. The average Bonchev–Trinajstić information content (AvgIpc) is 3.48. The van der Waals surface area contributed by atoms with Crippen LogP contribution in [0.25, 0.3) is 0 Å². The van der Waals surface area contributed by atoms with Crippen molar-refractivity contribution in [3.8, 4) is 5.75 Å². The predicted molar refractivity (Wildman–Crippen MR) is 113 cm³/mol. The molecule has 1 aliphatic rings. The maximum absolute atomic E-state index is 13.1. The Morgan fingerprint density at radius 2 is 1.93 bits per heavy atom. The van der Waals surface area contributed by atoms with Crippen molar-refractivity contribution in [3.63, 3.8) is 0 Å². The Labute approximate surface area is 172 Å². The van der Waals surface area contributed by atoms with Gasteiger partial charge in [0, 0.05) is 37.2 Å². The normalized spacial score (nSPS) is 13.1. The summed E-state index contributed by atoms with van der Waals surface area (Å²) in [6.07, 6.45) is 4.82. The molecule has 1 N–H and O–H groups in total. The van der Waals surface area contributed by atoms with Crippen molar-refractivity contribution in [1.29, 1.82) is 0 Å². The van der Waals surface area contributed by atoms with E-state index in [9.17, 15) is 9.59 Å². The van der Waals surface area contributed by atoms with Crippen molar-refractivity contribution in [1.82, 2.24) is 14.4 Å². The number of hydrogen-bond donors (Lipinski definition) is 1. The molecule has 156 valence electrons. The smallest absolute Gasteiger partial charge is 0.322 e. The van der Waals surface area contributed by atoms with Gasteiger partial charge in [-0.15, -0.1) is 0 Å². The summed E-state index contributed by atoms with van der Waals surface area (Å²) >= 11 is 0. The van der Waals surface area contributed by atoms with Gasteiger partial charge in [0.15, 0.2) is 0 Å². The van der Waals surface area contributed by atoms with Crippen molar-refractivity contribution in [2.24, 2.45) is 7.05 Å². The van der Waals surface area contributed by atoms with Crippen LogP contribution in [0, 0.1) is 0 Å². The number of nitrogens with one attached hydrogen (secondary N) is 1. The number of aryl methyl sites for hydroxylation is 1. The molecule has 1 heterocycles. The average molecular weight is 399 g/mol. The number of carbonyl (C=O) groups excluding carboxylic acids is 2. The quantitative estimate of drug-likeness (QED) is 0.703. The van der Waals surface area contributed by atoms with E-state index in [0.717, 1.165) is 30.7 Å². The van der Waals surface area contributed by atoms with Gasteiger partial charge in [-0.25, -0.2) is 4.79 Å². The Bertz CT molecular complexity index is 827. The largest absolute Gasteiger partial charge is 0.497 e. The van der Waals surface area contributed by atoms with Gasteiger partial charge in [0.05, 0.1) is 13.7 Å². The van der Waals surface area contributed by atoms with Crippen molar-refractivity contribution >= 4 is 17.6 Å². The number of nitrogens with zero attached hydrogens (tertiary/aromatic N) is 3. The number of carbonyl (C=O) groups is 2. The van der Waals surface area contributed by atoms with Gasteiger partial charge in [-0.3, -0.25) is 4.79 Å². The summed E-state index contributed by atoms with van der Waals surface area (Å²) in [5, 5.41) is 2.88. The monoisotopic (exact) mass is 398 g/mol. The van der Waals surface area contributed by atoms with E-state index in [2.05, 4.69) is 5.32 Å². The summed E-state index contributed by atoms with van der Waals surface area (Å²) in [7, 11) is 3.58. The lowest BCUT2D eigenvalue weighted by molar-refractivity contribution is -0.133. The number of hydrogen-bond acceptors (Lipinski definition) is 3. The van der Waals surface area contributed by atoms with Gasteiger partial charge in [-0.05, 0) is 55.7 Å². The summed E-state index contributed by atoms with van der Waals surface area (Å²) in [4.78, 5) is 29.4. The van der Waals surface area contributed by atoms with Crippen LogP contribution in [0.4, 0.5) is 10.5 Å². The van der Waals surface area contributed by atoms with E-state index in [0.29, 0.717) is 18.8 Å². The molecule has 0 radical (unpaired) electrons. The van der Waals surface area contributed by atoms with Crippen LogP contribution in [-0.2, 0) is 18.4 Å². The van der Waals surface area contributed by atoms with Crippen LogP contribution in [0.2, 0.25) is 0 Å². The first-order valence-electron chi connectivity index (χ1n) is 10.1. The van der Waals surface area contributed by atoms with E-state index >= 15 is 0 Å². The minimum atomic E-state index is -0.264. The Morgan fingerprint density at radius 3 is 2.48 bits per heavy atom. The lowest BCUT2D eigenvalue weighted by Crippen LogP contribution is -2.45. The molecule has 3 amide bonds. The van der Waals surface area contributed by atoms with E-state index in [1.54, 1.807) is 36.3 Å². The molecule has 1 aliphatic carbocycles. The molecule has 1 saturated carbocycles. The SMILES string of the molecule is CCCN(CC(=O)N(Cc1cccn1C)C1CC1)C(=O)Nc1ccc(OC)cc1. The summed E-state index contributed by atoms with van der Waals surface area (Å²) in [5.74, 6) is 0.719. The lowest BCUT2D eigenvalue weighted by Gasteiger charge is -2.28. The summed E-state index contributed by atoms with van der Waals surface area (Å²) in [6, 6.07) is 11.2. The van der Waals surface area contributed by atoms with Gasteiger partial charge >= 0.3 is 6.03 Å². The van der Waals surface area contributed by atoms with Crippen LogP contribution in [0.3, 0.4) is 0 Å². The molecule has 3 rings (SSSR count). The molecule has 1 aromatic heterocycles. The van der Waals surface area contributed by atoms with E-state index < -0.39 is 0 Å². The second kappa shape index (κ2) is 9.49. The highest BCUT2D eigenvalue weighted by Gasteiger charge is 2.34. The Hall–Kier alpha value is -2.96. The molecule has 0 bridgehead atoms. The molecule has 0 saturated heterocycles. The fourth-order valence-corrected chi connectivity index (χ4v) is 3.30. The van der Waals surface area contributed by atoms with Crippen molar-refractivity contribution in [2.75, 3.05) is 25.5 Å². The number of aromatic nitrogens is 1. The molecule has 1 fully saturated rings. The minimum Gasteiger partial charge on any atom is -0.497 e. The highest BCUT2D eigenvalue weighted by atomic mass is 16.5. The Balaban J connectivity index is 1.64. The lowest BCUT2D eigenvalue weighted by atomic mass is 10.3. The summed E-state index contributed by atoms with van der Waals surface area (Å²) in [6.45, 7) is 3.18. The van der Waals surface area contributed by atoms with Gasteiger partial charge in [-0.1, -0.05) is 6.92 Å². The molecule has 0 aliphatic heterocycles. The molecule has 7 nitrogen and oxygen atoms in total. The first kappa shape index (κ1) is 20.8. The van der Waals surface area contributed by atoms with Crippen molar-refractivity contribution in [3.05, 3.63) is 48.3 Å². The van der Waals surface area contributed by atoms with E-state index in [1.807, 2.05) is 41.8 Å². The van der Waals surface area contributed by atoms with Crippen LogP contribution >= 0.6 is 0 Å². The molecule has 0 spiro atoms. The third-order valence-corrected chi connectivity index (χ3v) is 5.14. The number of rotatable bonds is 9. The zero-order valence-electron chi connectivity index (χ0n) is 17.4. The van der Waals surface area contributed by atoms with Gasteiger partial charge in [-0.2, -0.15) is 0 Å². The van der Waals surface area contributed by atoms with Crippen LogP contribution in [0.15, 0.2) is 42.6 Å². The van der Waals surface area contributed by atoms with Crippen molar-refractivity contribution in [2.45, 2.75) is 38.8 Å². The second-order valence-corrected chi connectivity index (χ2v) is 7.44. The maximum atomic E-state index is 13.1. The fraction of sp³-hybridized carbons (Fsp3) is 0.455. The third kappa shape index (κ3) is 5.53. The topological polar surface area (TPSA) is 66.8 Å². The predicted octanol–water partition coefficient (Wildman–Crippen LogP) is 3.47. The number of anilines is 1. The first-order valence-corrected chi connectivity index (χ1v) is 10.1. The highest BCUT2D eigenvalue weighted by molar-refractivity contribution is 5.92. The van der Waals surface area contributed by atoms with E-state index in [1.165, 1.54) is 0 Å². The first-order chi connectivity index (χ1) is 14.0. The molecule has 2 aromatic rings. The fourth-order valence-electron chi connectivity index (χ4n) is 3.30.